The zero-order valence-corrected chi connectivity index (χ0v) is 26.1. The van der Waals surface area contributed by atoms with E-state index in [0.717, 1.165) is 5.56 Å². The number of rotatable bonds is 7. The number of aliphatic hydroxyl groups is 1. The number of carbonyl (C=O) groups excluding carboxylic acids is 6. The van der Waals surface area contributed by atoms with Crippen LogP contribution in [0.1, 0.15) is 63.9 Å². The van der Waals surface area contributed by atoms with Crippen LogP contribution in [0, 0.1) is 0 Å². The van der Waals surface area contributed by atoms with Crippen LogP contribution in [0.25, 0.3) is 0 Å². The molecule has 1 unspecified atom stereocenters. The van der Waals surface area contributed by atoms with Gasteiger partial charge in [-0.05, 0) is 59.2 Å². The summed E-state index contributed by atoms with van der Waals surface area (Å²) >= 11 is 0. The van der Waals surface area contributed by atoms with Gasteiger partial charge in [-0.3, -0.25) is 24.0 Å². The second-order valence-corrected chi connectivity index (χ2v) is 12.8. The van der Waals surface area contributed by atoms with E-state index in [1.165, 1.54) is 21.9 Å². The number of fused-ring (bicyclic) bond motifs is 2. The normalized spacial score (nSPS) is 24.5. The lowest BCUT2D eigenvalue weighted by Crippen LogP contribution is -2.50. The van der Waals surface area contributed by atoms with Gasteiger partial charge in [0.15, 0.2) is 0 Å². The fourth-order valence-corrected chi connectivity index (χ4v) is 7.07. The Morgan fingerprint density at radius 2 is 1.47 bits per heavy atom. The Balaban J connectivity index is 1.11. The number of likely N-dealkylation sites (tertiary alicyclic amines) is 2. The van der Waals surface area contributed by atoms with E-state index in [4.69, 9.17) is 14.1 Å². The van der Waals surface area contributed by atoms with Gasteiger partial charge in [0.25, 0.3) is 23.6 Å². The minimum Gasteiger partial charge on any atom is -0.423 e. The SMILES string of the molecule is O=C(C[C@@H]1CC(O)CN1C(=O)[C@@H]1C[C@@H](NC(=O)c2ccc3c(c2)B(O)OC3)CN1C(=O)c1ccc2c(c1)B(O)OC2)ON1C(=O)CCC1=O. The highest BCUT2D eigenvalue weighted by Crippen LogP contribution is 2.29. The van der Waals surface area contributed by atoms with Crippen molar-refractivity contribution in [2.75, 3.05) is 13.1 Å². The highest BCUT2D eigenvalue weighted by atomic mass is 16.7. The van der Waals surface area contributed by atoms with E-state index >= 15 is 0 Å². The second-order valence-electron chi connectivity index (χ2n) is 12.8. The van der Waals surface area contributed by atoms with E-state index < -0.39 is 80.4 Å². The predicted octanol–water partition coefficient (Wildman–Crippen LogP) is -2.91. The smallest absolute Gasteiger partial charge is 0.423 e. The fraction of sp³-hybridized carbons (Fsp3) is 0.419. The van der Waals surface area contributed by atoms with Crippen LogP contribution in [-0.4, -0.2) is 117 Å². The van der Waals surface area contributed by atoms with Gasteiger partial charge in [0.1, 0.15) is 6.04 Å². The number of benzene rings is 2. The van der Waals surface area contributed by atoms with Crippen LogP contribution >= 0.6 is 0 Å². The third kappa shape index (κ3) is 6.33. The molecule has 7 rings (SSSR count). The number of aliphatic hydroxyl groups excluding tert-OH is 1. The lowest BCUT2D eigenvalue weighted by atomic mass is 9.78. The minimum absolute atomic E-state index is 0.00418. The van der Waals surface area contributed by atoms with Crippen LogP contribution in [0.2, 0.25) is 0 Å². The number of amides is 5. The Kier molecular flexibility index (Phi) is 8.74. The lowest BCUT2D eigenvalue weighted by Gasteiger charge is -2.31. The van der Waals surface area contributed by atoms with Crippen molar-refractivity contribution < 1.29 is 58.1 Å². The average Bonchev–Trinajstić information content (AvgIpc) is 3.91. The second kappa shape index (κ2) is 13.0. The van der Waals surface area contributed by atoms with Crippen molar-refractivity contribution in [3.05, 3.63) is 58.7 Å². The predicted molar refractivity (Wildman–Crippen MR) is 166 cm³/mol. The molecular weight excluding hydrogens is 642 g/mol. The third-order valence-corrected chi connectivity index (χ3v) is 9.59. The average molecular weight is 674 g/mol. The fourth-order valence-electron chi connectivity index (χ4n) is 7.07. The minimum atomic E-state index is -1.21. The Labute approximate surface area is 280 Å². The Morgan fingerprint density at radius 1 is 0.857 bits per heavy atom. The molecule has 3 fully saturated rings. The van der Waals surface area contributed by atoms with E-state index in [0.29, 0.717) is 21.6 Å². The van der Waals surface area contributed by atoms with Crippen molar-refractivity contribution in [2.24, 2.45) is 0 Å². The van der Waals surface area contributed by atoms with Gasteiger partial charge in [0, 0.05) is 49.1 Å². The largest absolute Gasteiger partial charge is 0.491 e. The lowest BCUT2D eigenvalue weighted by molar-refractivity contribution is -0.198. The molecule has 18 heteroatoms. The maximum Gasteiger partial charge on any atom is 0.491 e. The molecule has 0 aromatic heterocycles. The molecule has 49 heavy (non-hydrogen) atoms. The molecule has 4 atom stereocenters. The first-order valence-corrected chi connectivity index (χ1v) is 16.0. The zero-order chi connectivity index (χ0) is 34.6. The summed E-state index contributed by atoms with van der Waals surface area (Å²) in [5, 5.41) is 34.1. The van der Waals surface area contributed by atoms with Gasteiger partial charge in [-0.25, -0.2) is 4.79 Å². The van der Waals surface area contributed by atoms with E-state index in [-0.39, 0.29) is 63.1 Å². The summed E-state index contributed by atoms with van der Waals surface area (Å²) in [6.45, 7) is 0.189. The van der Waals surface area contributed by atoms with Gasteiger partial charge in [0.2, 0.25) is 5.91 Å². The summed E-state index contributed by atoms with van der Waals surface area (Å²) in [4.78, 5) is 85.8. The molecule has 0 radical (unpaired) electrons. The summed E-state index contributed by atoms with van der Waals surface area (Å²) in [5.74, 6) is -3.85. The molecule has 3 saturated heterocycles. The first-order chi connectivity index (χ1) is 23.5. The maximum atomic E-state index is 14.2. The molecule has 5 heterocycles. The summed E-state index contributed by atoms with van der Waals surface area (Å²) in [5.41, 5.74) is 2.80. The molecule has 0 aliphatic carbocycles. The molecular formula is C31H32B2N4O12. The number of hydrogen-bond acceptors (Lipinski definition) is 12. The van der Waals surface area contributed by atoms with Crippen molar-refractivity contribution in [1.82, 2.24) is 20.2 Å². The van der Waals surface area contributed by atoms with Crippen LogP contribution in [-0.2, 0) is 46.5 Å². The molecule has 254 valence electrons. The van der Waals surface area contributed by atoms with Crippen LogP contribution in [0.15, 0.2) is 36.4 Å². The molecule has 2 aromatic carbocycles. The standard InChI is InChI=1S/C31H32B2N4O12/c38-22-10-21(11-28(41)49-37-26(39)5-6-27(37)40)35(13-22)31(44)25-9-20(34-29(42)16-1-3-18-14-47-32(45)23(18)7-16)12-36(25)30(43)17-2-4-19-15-48-33(46)24(19)8-17/h1-4,7-8,20-22,25,38,45-46H,5-6,9-15H2,(H,34,42)/t20-,21+,22?,25+/m1/s1. The van der Waals surface area contributed by atoms with Gasteiger partial charge in [-0.15, -0.1) is 5.06 Å². The monoisotopic (exact) mass is 674 g/mol. The van der Waals surface area contributed by atoms with Crippen molar-refractivity contribution in [2.45, 2.75) is 69.5 Å². The Hall–Kier alpha value is -4.61. The summed E-state index contributed by atoms with van der Waals surface area (Å²) in [7, 11) is -2.36. The van der Waals surface area contributed by atoms with Crippen molar-refractivity contribution in [3.63, 3.8) is 0 Å². The van der Waals surface area contributed by atoms with Gasteiger partial charge >= 0.3 is 20.2 Å². The summed E-state index contributed by atoms with van der Waals surface area (Å²) in [6, 6.07) is 6.85. The van der Waals surface area contributed by atoms with Crippen LogP contribution in [0.4, 0.5) is 0 Å². The number of nitrogens with zero attached hydrogens (tertiary/aromatic N) is 3. The van der Waals surface area contributed by atoms with Crippen molar-refractivity contribution >= 4 is 60.7 Å². The van der Waals surface area contributed by atoms with Gasteiger partial charge in [0.05, 0.1) is 25.7 Å². The van der Waals surface area contributed by atoms with Crippen LogP contribution in [0.5, 0.6) is 0 Å². The van der Waals surface area contributed by atoms with Crippen LogP contribution < -0.4 is 16.2 Å². The van der Waals surface area contributed by atoms with E-state index in [1.807, 2.05) is 0 Å². The molecule has 4 N–H and O–H groups in total. The van der Waals surface area contributed by atoms with Gasteiger partial charge in [-0.1, -0.05) is 12.1 Å². The summed E-state index contributed by atoms with van der Waals surface area (Å²) in [6.07, 6.45) is -1.56. The van der Waals surface area contributed by atoms with Crippen LogP contribution in [0.3, 0.4) is 0 Å². The van der Waals surface area contributed by atoms with Gasteiger partial charge < -0.3 is 44.4 Å². The maximum absolute atomic E-state index is 14.2. The Morgan fingerprint density at radius 3 is 2.12 bits per heavy atom. The number of nitrogens with one attached hydrogen (secondary N) is 1. The highest BCUT2D eigenvalue weighted by Gasteiger charge is 2.47. The van der Waals surface area contributed by atoms with Gasteiger partial charge in [-0.2, -0.15) is 0 Å². The first-order valence-electron chi connectivity index (χ1n) is 16.0. The quantitative estimate of drug-likeness (QED) is 0.172. The third-order valence-electron chi connectivity index (χ3n) is 9.59. The molecule has 0 spiro atoms. The molecule has 5 amide bonds. The number of β-amino-alcohol motifs (C(OH)–C–C–N with tert-alkyl or cyclic N) is 1. The highest BCUT2D eigenvalue weighted by molar-refractivity contribution is 6.62. The first kappa shape index (κ1) is 32.9. The summed E-state index contributed by atoms with van der Waals surface area (Å²) < 4.78 is 10.5. The van der Waals surface area contributed by atoms with E-state index in [9.17, 15) is 43.9 Å². The van der Waals surface area contributed by atoms with E-state index in [1.54, 1.807) is 24.3 Å². The number of hydrogen-bond donors (Lipinski definition) is 4. The molecule has 16 nitrogen and oxygen atoms in total. The molecule has 5 aliphatic rings. The van der Waals surface area contributed by atoms with Crippen molar-refractivity contribution in [3.8, 4) is 0 Å². The topological polar surface area (TPSA) is 213 Å². The number of carbonyl (C=O) groups is 6. The van der Waals surface area contributed by atoms with E-state index in [2.05, 4.69) is 5.32 Å². The zero-order valence-electron chi connectivity index (χ0n) is 26.1. The molecule has 5 aliphatic heterocycles. The Bertz CT molecular complexity index is 1740. The number of imide groups is 1. The van der Waals surface area contributed by atoms with Crippen molar-refractivity contribution in [1.29, 1.82) is 0 Å². The number of hydroxylamine groups is 2. The molecule has 2 aromatic rings. The molecule has 0 bridgehead atoms. The molecule has 0 saturated carbocycles.